The number of halogens is 2. The number of hydrogen-bond acceptors (Lipinski definition) is 3. The van der Waals surface area contributed by atoms with Gasteiger partial charge in [-0.2, -0.15) is 0 Å². The number of benzene rings is 3. The summed E-state index contributed by atoms with van der Waals surface area (Å²) in [6.45, 7) is 0. The first kappa shape index (κ1) is 19.2. The fourth-order valence-electron chi connectivity index (χ4n) is 3.18. The molecule has 0 aliphatic heterocycles. The van der Waals surface area contributed by atoms with Crippen molar-refractivity contribution in [2.45, 2.75) is 6.10 Å². The van der Waals surface area contributed by atoms with Gasteiger partial charge in [0.2, 0.25) is 5.78 Å². The summed E-state index contributed by atoms with van der Waals surface area (Å²) in [5.74, 6) is -1.10. The Labute approximate surface area is 177 Å². The molecule has 1 atom stereocenters. The molecular formula is C23H15Cl2NO3. The van der Waals surface area contributed by atoms with E-state index in [9.17, 15) is 9.59 Å². The molecule has 0 saturated heterocycles. The Bertz CT molecular complexity index is 1180. The van der Waals surface area contributed by atoms with E-state index in [1.165, 1.54) is 0 Å². The Balaban J connectivity index is 1.75. The van der Waals surface area contributed by atoms with Crippen LogP contribution in [-0.4, -0.2) is 16.7 Å². The lowest BCUT2D eigenvalue weighted by Gasteiger charge is -2.18. The standard InChI is InChI=1S/C23H15Cl2NO3/c24-17-10-6-11-18(25)20(17)23(28)29-22(14-7-2-1-3-8-14)21(27)16-13-26-19-12-5-4-9-15(16)19/h1-13,22,26H. The molecule has 0 radical (unpaired) electrons. The maximum atomic E-state index is 13.4. The van der Waals surface area contributed by atoms with E-state index in [-0.39, 0.29) is 21.4 Å². The monoisotopic (exact) mass is 423 g/mol. The third kappa shape index (κ3) is 3.77. The fourth-order valence-corrected chi connectivity index (χ4v) is 3.73. The van der Waals surface area contributed by atoms with Gasteiger partial charge in [0.15, 0.2) is 6.10 Å². The molecule has 144 valence electrons. The molecule has 0 spiro atoms. The summed E-state index contributed by atoms with van der Waals surface area (Å²) in [5.41, 5.74) is 1.85. The number of hydrogen-bond donors (Lipinski definition) is 1. The van der Waals surface area contributed by atoms with Crippen molar-refractivity contribution in [3.63, 3.8) is 0 Å². The largest absolute Gasteiger partial charge is 0.445 e. The van der Waals surface area contributed by atoms with Crippen LogP contribution >= 0.6 is 23.2 Å². The zero-order chi connectivity index (χ0) is 20.4. The lowest BCUT2D eigenvalue weighted by molar-refractivity contribution is 0.0281. The number of carbonyl (C=O) groups is 2. The van der Waals surface area contributed by atoms with Crippen LogP contribution in [0.15, 0.2) is 79.0 Å². The minimum Gasteiger partial charge on any atom is -0.445 e. The number of rotatable bonds is 5. The van der Waals surface area contributed by atoms with Crippen molar-refractivity contribution >= 4 is 45.9 Å². The highest BCUT2D eigenvalue weighted by Gasteiger charge is 2.29. The van der Waals surface area contributed by atoms with Crippen molar-refractivity contribution in [3.05, 3.63) is 106 Å². The van der Waals surface area contributed by atoms with Gasteiger partial charge in [0.25, 0.3) is 0 Å². The lowest BCUT2D eigenvalue weighted by Crippen LogP contribution is -2.20. The molecule has 0 saturated carbocycles. The second-order valence-electron chi connectivity index (χ2n) is 6.40. The molecular weight excluding hydrogens is 409 g/mol. The van der Waals surface area contributed by atoms with E-state index < -0.39 is 12.1 Å². The lowest BCUT2D eigenvalue weighted by atomic mass is 9.99. The Morgan fingerprint density at radius 3 is 2.21 bits per heavy atom. The number of ether oxygens (including phenoxy) is 1. The average Bonchev–Trinajstić information content (AvgIpc) is 3.16. The van der Waals surface area contributed by atoms with Crippen LogP contribution in [0, 0.1) is 0 Å². The van der Waals surface area contributed by atoms with E-state index in [2.05, 4.69) is 4.98 Å². The summed E-state index contributed by atoms with van der Waals surface area (Å²) >= 11 is 12.3. The maximum Gasteiger partial charge on any atom is 0.342 e. The smallest absolute Gasteiger partial charge is 0.342 e. The van der Waals surface area contributed by atoms with Crippen molar-refractivity contribution < 1.29 is 14.3 Å². The van der Waals surface area contributed by atoms with E-state index in [0.717, 1.165) is 10.9 Å². The first-order valence-electron chi connectivity index (χ1n) is 8.86. The second-order valence-corrected chi connectivity index (χ2v) is 7.22. The van der Waals surface area contributed by atoms with Crippen LogP contribution in [-0.2, 0) is 4.74 Å². The first-order valence-corrected chi connectivity index (χ1v) is 9.62. The summed E-state index contributed by atoms with van der Waals surface area (Å²) in [7, 11) is 0. The molecule has 3 aromatic carbocycles. The minimum absolute atomic E-state index is 0.0310. The molecule has 4 aromatic rings. The van der Waals surface area contributed by atoms with Crippen LogP contribution < -0.4 is 0 Å². The number of Topliss-reactive ketones (excluding diaryl/α,β-unsaturated/α-hetero) is 1. The molecule has 0 fully saturated rings. The number of para-hydroxylation sites is 1. The molecule has 4 rings (SSSR count). The number of esters is 1. The van der Waals surface area contributed by atoms with E-state index in [4.69, 9.17) is 27.9 Å². The molecule has 6 heteroatoms. The Hall–Kier alpha value is -3.08. The van der Waals surface area contributed by atoms with Crippen LogP contribution in [0.2, 0.25) is 10.0 Å². The van der Waals surface area contributed by atoms with Gasteiger partial charge in [0.1, 0.15) is 0 Å². The van der Waals surface area contributed by atoms with Gasteiger partial charge < -0.3 is 9.72 Å². The topological polar surface area (TPSA) is 59.2 Å². The summed E-state index contributed by atoms with van der Waals surface area (Å²) in [5, 5.41) is 1.08. The van der Waals surface area contributed by atoms with E-state index in [0.29, 0.717) is 11.1 Å². The number of fused-ring (bicyclic) bond motifs is 1. The van der Waals surface area contributed by atoms with Gasteiger partial charge in [-0.15, -0.1) is 0 Å². The van der Waals surface area contributed by atoms with Crippen LogP contribution in [0.3, 0.4) is 0 Å². The molecule has 4 nitrogen and oxygen atoms in total. The van der Waals surface area contributed by atoms with Gasteiger partial charge in [-0.05, 0) is 18.2 Å². The molecule has 0 amide bonds. The van der Waals surface area contributed by atoms with Crippen LogP contribution in [0.5, 0.6) is 0 Å². The maximum absolute atomic E-state index is 13.4. The second kappa shape index (κ2) is 8.11. The average molecular weight is 424 g/mol. The SMILES string of the molecule is O=C(OC(C(=O)c1c[nH]c2ccccc12)c1ccccc1)c1c(Cl)cccc1Cl. The van der Waals surface area contributed by atoms with Crippen molar-refractivity contribution in [2.24, 2.45) is 0 Å². The van der Waals surface area contributed by atoms with Gasteiger partial charge in [-0.1, -0.05) is 77.8 Å². The fraction of sp³-hybridized carbons (Fsp3) is 0.0435. The van der Waals surface area contributed by atoms with Gasteiger partial charge in [-0.3, -0.25) is 4.79 Å². The molecule has 1 N–H and O–H groups in total. The summed E-state index contributed by atoms with van der Waals surface area (Å²) in [6.07, 6.45) is 0.481. The normalized spacial score (nSPS) is 11.9. The first-order chi connectivity index (χ1) is 14.1. The van der Waals surface area contributed by atoms with Crippen LogP contribution in [0.4, 0.5) is 0 Å². The zero-order valence-electron chi connectivity index (χ0n) is 15.1. The number of aromatic amines is 1. The summed E-state index contributed by atoms with van der Waals surface area (Å²) < 4.78 is 5.65. The zero-order valence-corrected chi connectivity index (χ0v) is 16.6. The van der Waals surface area contributed by atoms with Crippen LogP contribution in [0.1, 0.15) is 32.4 Å². The van der Waals surface area contributed by atoms with Crippen molar-refractivity contribution in [2.75, 3.05) is 0 Å². The number of H-pyrrole nitrogens is 1. The molecule has 1 unspecified atom stereocenters. The summed E-state index contributed by atoms with van der Waals surface area (Å²) in [4.78, 5) is 29.3. The molecule has 1 aromatic heterocycles. The Kier molecular flexibility index (Phi) is 5.38. The Morgan fingerprint density at radius 2 is 1.48 bits per heavy atom. The van der Waals surface area contributed by atoms with Gasteiger partial charge in [0.05, 0.1) is 15.6 Å². The predicted molar refractivity (Wildman–Crippen MR) is 114 cm³/mol. The van der Waals surface area contributed by atoms with Gasteiger partial charge in [-0.25, -0.2) is 4.79 Å². The number of ketones is 1. The number of nitrogens with one attached hydrogen (secondary N) is 1. The highest BCUT2D eigenvalue weighted by atomic mass is 35.5. The number of carbonyl (C=O) groups excluding carboxylic acids is 2. The van der Waals surface area contributed by atoms with Gasteiger partial charge >= 0.3 is 5.97 Å². The van der Waals surface area contributed by atoms with Gasteiger partial charge in [0, 0.05) is 28.2 Å². The molecule has 0 aliphatic carbocycles. The molecule has 0 aliphatic rings. The highest BCUT2D eigenvalue weighted by molar-refractivity contribution is 6.39. The van der Waals surface area contributed by atoms with Crippen molar-refractivity contribution in [3.8, 4) is 0 Å². The third-order valence-electron chi connectivity index (χ3n) is 4.59. The van der Waals surface area contributed by atoms with E-state index >= 15 is 0 Å². The summed E-state index contributed by atoms with van der Waals surface area (Å²) in [6, 6.07) is 21.0. The van der Waals surface area contributed by atoms with Crippen molar-refractivity contribution in [1.82, 2.24) is 4.98 Å². The molecule has 1 heterocycles. The Morgan fingerprint density at radius 1 is 0.828 bits per heavy atom. The van der Waals surface area contributed by atoms with Crippen LogP contribution in [0.25, 0.3) is 10.9 Å². The minimum atomic E-state index is -1.14. The van der Waals surface area contributed by atoms with Crippen molar-refractivity contribution in [1.29, 1.82) is 0 Å². The molecule has 0 bridgehead atoms. The van der Waals surface area contributed by atoms with E-state index in [1.807, 2.05) is 30.3 Å². The quantitative estimate of drug-likeness (QED) is 0.304. The van der Waals surface area contributed by atoms with E-state index in [1.54, 1.807) is 48.7 Å². The molecule has 29 heavy (non-hydrogen) atoms. The highest BCUT2D eigenvalue weighted by Crippen LogP contribution is 2.31. The third-order valence-corrected chi connectivity index (χ3v) is 5.22. The predicted octanol–water partition coefficient (Wildman–Crippen LogP) is 6.26. The number of aromatic nitrogens is 1.